The zero-order chi connectivity index (χ0) is 10.8. The molecule has 0 spiro atoms. The number of rotatable bonds is 0. The lowest BCUT2D eigenvalue weighted by Gasteiger charge is -2.09. The minimum atomic E-state index is 0.561. The maximum atomic E-state index is 10.8. The van der Waals surface area contributed by atoms with Crippen molar-refractivity contribution >= 4 is 35.7 Å². The highest BCUT2D eigenvalue weighted by Crippen LogP contribution is 2.31. The fraction of sp³-hybridized carbons (Fsp3) is 0.273. The van der Waals surface area contributed by atoms with E-state index in [0.717, 1.165) is 29.0 Å². The highest BCUT2D eigenvalue weighted by atomic mass is 35.5. The van der Waals surface area contributed by atoms with Crippen molar-refractivity contribution in [3.05, 3.63) is 28.3 Å². The van der Waals surface area contributed by atoms with E-state index in [-0.39, 0.29) is 0 Å². The molecule has 0 saturated carbocycles. The van der Waals surface area contributed by atoms with Crippen molar-refractivity contribution in [1.82, 2.24) is 5.32 Å². The van der Waals surface area contributed by atoms with Crippen LogP contribution in [0.4, 0.5) is 0 Å². The fourth-order valence-corrected chi connectivity index (χ4v) is 2.24. The predicted molar refractivity (Wildman–Crippen MR) is 64.4 cm³/mol. The first-order valence-electron chi connectivity index (χ1n) is 4.69. The Kier molecular flexibility index (Phi) is 3.17. The molecule has 1 heterocycles. The van der Waals surface area contributed by atoms with Crippen LogP contribution in [0.15, 0.2) is 17.0 Å². The highest BCUT2D eigenvalue weighted by Gasteiger charge is 2.16. The maximum Gasteiger partial charge on any atom is 0.129 e. The molecule has 1 aromatic carbocycles. The van der Waals surface area contributed by atoms with Gasteiger partial charge < -0.3 is 5.32 Å². The molecular formula is C11H10ClNOS. The summed E-state index contributed by atoms with van der Waals surface area (Å²) in [6, 6.07) is 3.63. The van der Waals surface area contributed by atoms with Crippen molar-refractivity contribution in [3.63, 3.8) is 0 Å². The van der Waals surface area contributed by atoms with Gasteiger partial charge in [-0.15, -0.1) is 12.6 Å². The van der Waals surface area contributed by atoms with Crippen LogP contribution in [-0.2, 0) is 11.2 Å². The van der Waals surface area contributed by atoms with Gasteiger partial charge in [0.15, 0.2) is 0 Å². The van der Waals surface area contributed by atoms with Gasteiger partial charge in [-0.05, 0) is 30.2 Å². The van der Waals surface area contributed by atoms with Crippen LogP contribution in [0.25, 0.3) is 5.57 Å². The molecule has 0 saturated heterocycles. The molecule has 2 nitrogen and oxygen atoms in total. The Morgan fingerprint density at radius 3 is 3.00 bits per heavy atom. The normalized spacial score (nSPS) is 15.5. The Balaban J connectivity index is 2.65. The largest absolute Gasteiger partial charge is 0.312 e. The quantitative estimate of drug-likeness (QED) is 0.536. The molecule has 4 heteroatoms. The third-order valence-corrected chi connectivity index (χ3v) is 3.49. The van der Waals surface area contributed by atoms with Crippen LogP contribution in [-0.4, -0.2) is 19.0 Å². The molecule has 0 unspecified atom stereocenters. The summed E-state index contributed by atoms with van der Waals surface area (Å²) in [4.78, 5) is 11.6. The lowest BCUT2D eigenvalue weighted by molar-refractivity contribution is 0.569. The van der Waals surface area contributed by atoms with E-state index in [0.29, 0.717) is 17.1 Å². The summed E-state index contributed by atoms with van der Waals surface area (Å²) in [5, 5.41) is 3.79. The number of fused-ring (bicyclic) bond motifs is 1. The summed E-state index contributed by atoms with van der Waals surface area (Å²) in [5.41, 5.74) is 2.60. The van der Waals surface area contributed by atoms with Crippen LogP contribution >= 0.6 is 24.2 Å². The van der Waals surface area contributed by atoms with Gasteiger partial charge >= 0.3 is 0 Å². The minimum absolute atomic E-state index is 0.561. The van der Waals surface area contributed by atoms with E-state index in [4.69, 9.17) is 11.6 Å². The van der Waals surface area contributed by atoms with Crippen molar-refractivity contribution in [2.24, 2.45) is 0 Å². The van der Waals surface area contributed by atoms with E-state index in [9.17, 15) is 4.79 Å². The summed E-state index contributed by atoms with van der Waals surface area (Å²) in [6.45, 7) is 1.39. The van der Waals surface area contributed by atoms with E-state index in [2.05, 4.69) is 17.9 Å². The van der Waals surface area contributed by atoms with Crippen LogP contribution in [0.2, 0.25) is 5.02 Å². The first-order valence-corrected chi connectivity index (χ1v) is 5.52. The second-order valence-corrected chi connectivity index (χ2v) is 4.28. The Hall–Kier alpha value is -0.730. The van der Waals surface area contributed by atoms with Crippen LogP contribution in [0.1, 0.15) is 11.1 Å². The number of halogens is 1. The minimum Gasteiger partial charge on any atom is -0.312 e. The summed E-state index contributed by atoms with van der Waals surface area (Å²) in [5.74, 6) is 1.97. The highest BCUT2D eigenvalue weighted by molar-refractivity contribution is 7.80. The molecule has 1 aromatic rings. The number of hydrogen-bond acceptors (Lipinski definition) is 3. The second kappa shape index (κ2) is 4.42. The molecule has 0 radical (unpaired) electrons. The van der Waals surface area contributed by atoms with Crippen LogP contribution < -0.4 is 5.32 Å². The van der Waals surface area contributed by atoms with Gasteiger partial charge in [0.25, 0.3) is 0 Å². The average Bonchev–Trinajstić information content (AvgIpc) is 2.45. The van der Waals surface area contributed by atoms with Crippen molar-refractivity contribution in [2.45, 2.75) is 11.3 Å². The van der Waals surface area contributed by atoms with Crippen molar-refractivity contribution in [1.29, 1.82) is 0 Å². The lowest BCUT2D eigenvalue weighted by Crippen LogP contribution is -2.16. The molecule has 2 rings (SSSR count). The Morgan fingerprint density at radius 2 is 2.27 bits per heavy atom. The first kappa shape index (κ1) is 10.8. The van der Waals surface area contributed by atoms with Gasteiger partial charge in [-0.2, -0.15) is 0 Å². The molecule has 0 fully saturated rings. The molecule has 78 valence electrons. The number of thiol groups is 1. The third-order valence-electron chi connectivity index (χ3n) is 2.54. The molecule has 1 aliphatic rings. The van der Waals surface area contributed by atoms with Crippen LogP contribution in [0.3, 0.4) is 0 Å². The van der Waals surface area contributed by atoms with E-state index < -0.39 is 0 Å². The average molecular weight is 240 g/mol. The van der Waals surface area contributed by atoms with E-state index in [1.54, 1.807) is 6.07 Å². The lowest BCUT2D eigenvalue weighted by atomic mass is 10.00. The molecule has 1 N–H and O–H groups in total. The third kappa shape index (κ3) is 1.97. The molecule has 0 aromatic heterocycles. The fourth-order valence-electron chi connectivity index (χ4n) is 1.76. The van der Waals surface area contributed by atoms with E-state index in [1.807, 2.05) is 12.0 Å². The predicted octanol–water partition coefficient (Wildman–Crippen LogP) is 1.99. The van der Waals surface area contributed by atoms with Crippen LogP contribution in [0.5, 0.6) is 0 Å². The van der Waals surface area contributed by atoms with E-state index in [1.165, 1.54) is 0 Å². The molecule has 0 bridgehead atoms. The van der Waals surface area contributed by atoms with Gasteiger partial charge in [-0.1, -0.05) is 17.7 Å². The van der Waals surface area contributed by atoms with Gasteiger partial charge in [-0.3, -0.25) is 0 Å². The standard InChI is InChI=1S/C11H10ClNOS/c12-10-2-1-8-7(6-14)5-13-4-3-9(8)11(10)15/h1-2,13,15H,3-5H2. The topological polar surface area (TPSA) is 29.1 Å². The Bertz CT molecular complexity index is 452. The van der Waals surface area contributed by atoms with Crippen LogP contribution in [0, 0.1) is 0 Å². The summed E-state index contributed by atoms with van der Waals surface area (Å²) in [7, 11) is 0. The summed E-state index contributed by atoms with van der Waals surface area (Å²) < 4.78 is 0. The molecule has 0 amide bonds. The Morgan fingerprint density at radius 1 is 1.47 bits per heavy atom. The van der Waals surface area contributed by atoms with Crippen molar-refractivity contribution in [3.8, 4) is 0 Å². The van der Waals surface area contributed by atoms with E-state index >= 15 is 0 Å². The first-order chi connectivity index (χ1) is 7.24. The SMILES string of the molecule is O=C=C1CNCCc2c1ccc(Cl)c2S. The second-order valence-electron chi connectivity index (χ2n) is 3.43. The van der Waals surface area contributed by atoms with Gasteiger partial charge in [0, 0.05) is 11.4 Å². The van der Waals surface area contributed by atoms with Crippen molar-refractivity contribution < 1.29 is 4.79 Å². The summed E-state index contributed by atoms with van der Waals surface area (Å²) in [6.07, 6.45) is 0.833. The summed E-state index contributed by atoms with van der Waals surface area (Å²) >= 11 is 10.4. The molecule has 0 atom stereocenters. The number of nitrogens with one attached hydrogen (secondary N) is 1. The van der Waals surface area contributed by atoms with Gasteiger partial charge in [0.05, 0.1) is 10.6 Å². The van der Waals surface area contributed by atoms with Gasteiger partial charge in [0.2, 0.25) is 0 Å². The van der Waals surface area contributed by atoms with Gasteiger partial charge in [0.1, 0.15) is 5.94 Å². The monoisotopic (exact) mass is 239 g/mol. The zero-order valence-electron chi connectivity index (χ0n) is 8.01. The molecular weight excluding hydrogens is 230 g/mol. The number of hydrogen-bond donors (Lipinski definition) is 2. The van der Waals surface area contributed by atoms with Crippen molar-refractivity contribution in [2.75, 3.05) is 13.1 Å². The molecule has 1 aliphatic heterocycles. The molecule has 15 heavy (non-hydrogen) atoms. The maximum absolute atomic E-state index is 10.8. The molecule has 0 aliphatic carbocycles. The number of carbonyl (C=O) groups excluding carboxylic acids is 1. The smallest absolute Gasteiger partial charge is 0.129 e. The zero-order valence-corrected chi connectivity index (χ0v) is 9.66. The van der Waals surface area contributed by atoms with Gasteiger partial charge in [-0.25, -0.2) is 4.79 Å². The number of benzene rings is 1. The Labute approximate surface area is 98.7 Å².